The summed E-state index contributed by atoms with van der Waals surface area (Å²) in [6.07, 6.45) is 1.01. The molecule has 7 nitrogen and oxygen atoms in total. The third kappa shape index (κ3) is 4.58. The van der Waals surface area contributed by atoms with Crippen LogP contribution in [0.1, 0.15) is 6.42 Å². The van der Waals surface area contributed by atoms with Gasteiger partial charge in [-0.2, -0.15) is 0 Å². The maximum absolute atomic E-state index is 10.5. The van der Waals surface area contributed by atoms with Gasteiger partial charge in [0.05, 0.1) is 0 Å². The van der Waals surface area contributed by atoms with E-state index in [1.165, 1.54) is 16.4 Å². The molecule has 0 amide bonds. The highest BCUT2D eigenvalue weighted by Crippen LogP contribution is 2.14. The largest absolute Gasteiger partial charge is 0.480 e. The molecule has 1 aromatic rings. The van der Waals surface area contributed by atoms with Crippen molar-refractivity contribution in [3.63, 3.8) is 0 Å². The molecule has 0 aliphatic rings. The van der Waals surface area contributed by atoms with E-state index >= 15 is 0 Å². The first-order valence-corrected chi connectivity index (χ1v) is 5.83. The summed E-state index contributed by atoms with van der Waals surface area (Å²) in [5.41, 5.74) is 0. The normalized spacial score (nSPS) is 10.9. The van der Waals surface area contributed by atoms with Crippen molar-refractivity contribution in [1.29, 1.82) is 0 Å². The van der Waals surface area contributed by atoms with Crippen molar-refractivity contribution in [1.82, 2.24) is 25.1 Å². The van der Waals surface area contributed by atoms with Crippen LogP contribution in [0.25, 0.3) is 0 Å². The molecule has 8 heteroatoms. The van der Waals surface area contributed by atoms with Crippen molar-refractivity contribution in [3.8, 4) is 0 Å². The molecule has 1 N–H and O–H groups in total. The molecular formula is C8H15N5O2S. The van der Waals surface area contributed by atoms with Crippen molar-refractivity contribution in [2.45, 2.75) is 18.1 Å². The van der Waals surface area contributed by atoms with Gasteiger partial charge in [0.2, 0.25) is 5.16 Å². The summed E-state index contributed by atoms with van der Waals surface area (Å²) >= 11 is 1.47. The molecule has 0 saturated heterocycles. The van der Waals surface area contributed by atoms with Crippen LogP contribution in [-0.4, -0.2) is 62.6 Å². The SMILES string of the molecule is CN(C)CCCSc1nnnn1CC(=O)O. The van der Waals surface area contributed by atoms with Crippen LogP contribution in [0.2, 0.25) is 0 Å². The van der Waals surface area contributed by atoms with Gasteiger partial charge in [-0.3, -0.25) is 4.79 Å². The predicted octanol–water partition coefficient (Wildman–Crippen LogP) is -0.199. The van der Waals surface area contributed by atoms with Crippen LogP contribution in [0.5, 0.6) is 0 Å². The van der Waals surface area contributed by atoms with Crippen molar-refractivity contribution in [2.24, 2.45) is 0 Å². The number of carboxylic acid groups (broad SMARTS) is 1. The molecule has 0 saturated carbocycles. The fourth-order valence-electron chi connectivity index (χ4n) is 1.07. The van der Waals surface area contributed by atoms with Crippen molar-refractivity contribution in [2.75, 3.05) is 26.4 Å². The third-order valence-corrected chi connectivity index (χ3v) is 2.81. The number of thioether (sulfide) groups is 1. The molecular weight excluding hydrogens is 230 g/mol. The molecule has 0 radical (unpaired) electrons. The standard InChI is InChI=1S/C8H15N5O2S/c1-12(2)4-3-5-16-8-9-10-11-13(8)6-7(14)15/h3-6H2,1-2H3,(H,14,15). The van der Waals surface area contributed by atoms with E-state index in [1.54, 1.807) is 0 Å². The molecule has 0 aliphatic carbocycles. The van der Waals surface area contributed by atoms with Gasteiger partial charge in [0.25, 0.3) is 0 Å². The second-order valence-electron chi connectivity index (χ2n) is 3.52. The van der Waals surface area contributed by atoms with Gasteiger partial charge >= 0.3 is 5.97 Å². The summed E-state index contributed by atoms with van der Waals surface area (Å²) < 4.78 is 1.29. The van der Waals surface area contributed by atoms with E-state index in [9.17, 15) is 4.79 Å². The number of rotatable bonds is 7. The highest BCUT2D eigenvalue weighted by Gasteiger charge is 2.09. The van der Waals surface area contributed by atoms with Gasteiger partial charge in [0.1, 0.15) is 6.54 Å². The van der Waals surface area contributed by atoms with E-state index in [4.69, 9.17) is 5.11 Å². The Bertz CT molecular complexity index is 341. The third-order valence-electron chi connectivity index (χ3n) is 1.76. The lowest BCUT2D eigenvalue weighted by Crippen LogP contribution is -2.14. The summed E-state index contributed by atoms with van der Waals surface area (Å²) in [5, 5.41) is 20.0. The van der Waals surface area contributed by atoms with Gasteiger partial charge in [-0.15, -0.1) is 5.10 Å². The number of carboxylic acids is 1. The minimum absolute atomic E-state index is 0.191. The molecule has 90 valence electrons. The number of hydrogen-bond acceptors (Lipinski definition) is 6. The second-order valence-corrected chi connectivity index (χ2v) is 4.58. The Balaban J connectivity index is 2.36. The van der Waals surface area contributed by atoms with E-state index in [0.717, 1.165) is 18.7 Å². The zero-order chi connectivity index (χ0) is 12.0. The van der Waals surface area contributed by atoms with Crippen LogP contribution in [0, 0.1) is 0 Å². The lowest BCUT2D eigenvalue weighted by atomic mass is 10.5. The molecule has 1 rings (SSSR count). The number of tetrazole rings is 1. The van der Waals surface area contributed by atoms with Gasteiger partial charge in [-0.1, -0.05) is 11.8 Å². The Hall–Kier alpha value is -1.15. The van der Waals surface area contributed by atoms with Crippen LogP contribution in [0.4, 0.5) is 0 Å². The Kier molecular flexibility index (Phi) is 5.20. The molecule has 0 aliphatic heterocycles. The second kappa shape index (κ2) is 6.44. The first-order chi connectivity index (χ1) is 7.59. The van der Waals surface area contributed by atoms with E-state index in [1.807, 2.05) is 14.1 Å². The van der Waals surface area contributed by atoms with Crippen LogP contribution in [0.3, 0.4) is 0 Å². The quantitative estimate of drug-likeness (QED) is 0.526. The van der Waals surface area contributed by atoms with E-state index in [2.05, 4.69) is 20.4 Å². The number of aliphatic carboxylic acids is 1. The predicted molar refractivity (Wildman–Crippen MR) is 59.3 cm³/mol. The monoisotopic (exact) mass is 245 g/mol. The molecule has 16 heavy (non-hydrogen) atoms. The minimum Gasteiger partial charge on any atom is -0.480 e. The number of carbonyl (C=O) groups is 1. The smallest absolute Gasteiger partial charge is 0.325 e. The van der Waals surface area contributed by atoms with Crippen LogP contribution >= 0.6 is 11.8 Å². The molecule has 0 atom stereocenters. The molecule has 0 spiro atoms. The lowest BCUT2D eigenvalue weighted by Gasteiger charge is -2.07. The molecule has 1 heterocycles. The Morgan fingerprint density at radius 1 is 1.56 bits per heavy atom. The highest BCUT2D eigenvalue weighted by molar-refractivity contribution is 7.99. The first kappa shape index (κ1) is 12.9. The van der Waals surface area contributed by atoms with Gasteiger partial charge < -0.3 is 10.0 Å². The van der Waals surface area contributed by atoms with Crippen LogP contribution < -0.4 is 0 Å². The van der Waals surface area contributed by atoms with Gasteiger partial charge in [-0.05, 0) is 37.5 Å². The van der Waals surface area contributed by atoms with Gasteiger partial charge in [0, 0.05) is 5.75 Å². The molecule has 1 aromatic heterocycles. The van der Waals surface area contributed by atoms with Crippen molar-refractivity contribution in [3.05, 3.63) is 0 Å². The highest BCUT2D eigenvalue weighted by atomic mass is 32.2. The Morgan fingerprint density at radius 2 is 2.31 bits per heavy atom. The molecule has 0 unspecified atom stereocenters. The maximum Gasteiger partial charge on any atom is 0.325 e. The van der Waals surface area contributed by atoms with Crippen LogP contribution in [0.15, 0.2) is 5.16 Å². The summed E-state index contributed by atoms with van der Waals surface area (Å²) in [5.74, 6) is -0.0690. The van der Waals surface area contributed by atoms with E-state index in [0.29, 0.717) is 5.16 Å². The number of aromatic nitrogens is 4. The summed E-state index contributed by atoms with van der Waals surface area (Å²) in [6, 6.07) is 0. The molecule has 0 bridgehead atoms. The summed E-state index contributed by atoms with van der Waals surface area (Å²) in [7, 11) is 4.03. The maximum atomic E-state index is 10.5. The summed E-state index contributed by atoms with van der Waals surface area (Å²) in [6.45, 7) is 0.802. The number of nitrogens with zero attached hydrogens (tertiary/aromatic N) is 5. The van der Waals surface area contributed by atoms with E-state index < -0.39 is 5.97 Å². The van der Waals surface area contributed by atoms with Gasteiger partial charge in [0.15, 0.2) is 0 Å². The van der Waals surface area contributed by atoms with Gasteiger partial charge in [-0.25, -0.2) is 4.68 Å². The van der Waals surface area contributed by atoms with E-state index in [-0.39, 0.29) is 6.54 Å². The molecule has 0 aromatic carbocycles. The molecule has 0 fully saturated rings. The average Bonchev–Trinajstić information content (AvgIpc) is 2.59. The zero-order valence-electron chi connectivity index (χ0n) is 9.33. The fraction of sp³-hybridized carbons (Fsp3) is 0.750. The van der Waals surface area contributed by atoms with Crippen molar-refractivity contribution < 1.29 is 9.90 Å². The topological polar surface area (TPSA) is 84.1 Å². The summed E-state index contributed by atoms with van der Waals surface area (Å²) in [4.78, 5) is 12.6. The Labute approximate surface area is 97.8 Å². The lowest BCUT2D eigenvalue weighted by molar-refractivity contribution is -0.138. The van der Waals surface area contributed by atoms with Crippen molar-refractivity contribution >= 4 is 17.7 Å². The average molecular weight is 245 g/mol. The number of hydrogen-bond donors (Lipinski definition) is 1. The fourth-order valence-corrected chi connectivity index (χ4v) is 1.87. The van der Waals surface area contributed by atoms with Crippen LogP contribution in [-0.2, 0) is 11.3 Å². The zero-order valence-corrected chi connectivity index (χ0v) is 10.1. The Morgan fingerprint density at radius 3 is 2.94 bits per heavy atom. The first-order valence-electron chi connectivity index (χ1n) is 4.85. The minimum atomic E-state index is -0.942.